The van der Waals surface area contributed by atoms with E-state index in [2.05, 4.69) is 5.32 Å². The summed E-state index contributed by atoms with van der Waals surface area (Å²) in [6.07, 6.45) is 0.747. The Morgan fingerprint density at radius 2 is 2.00 bits per heavy atom. The number of benzene rings is 1. The van der Waals surface area contributed by atoms with Crippen LogP contribution in [0.1, 0.15) is 30.0 Å². The maximum Gasteiger partial charge on any atom is 0.410 e. The number of rotatable bonds is 3. The number of aromatic nitrogens is 2. The van der Waals surface area contributed by atoms with Gasteiger partial charge < -0.3 is 9.84 Å². The normalized spacial score (nSPS) is 15.7. The van der Waals surface area contributed by atoms with Crippen LogP contribution in [0.3, 0.4) is 0 Å². The fraction of sp³-hybridized carbons (Fsp3) is 0.375. The Kier molecular flexibility index (Phi) is 4.11. The van der Waals surface area contributed by atoms with E-state index in [4.69, 9.17) is 14.9 Å². The van der Waals surface area contributed by atoms with Crippen molar-refractivity contribution in [3.05, 3.63) is 41.6 Å². The van der Waals surface area contributed by atoms with Crippen molar-refractivity contribution in [2.24, 2.45) is 0 Å². The average Bonchev–Trinajstić information content (AvgIpc) is 2.86. The van der Waals surface area contributed by atoms with Crippen molar-refractivity contribution >= 4 is 11.9 Å². The highest BCUT2D eigenvalue weighted by molar-refractivity contribution is 5.83. The third-order valence-corrected chi connectivity index (χ3v) is 3.99. The summed E-state index contributed by atoms with van der Waals surface area (Å²) in [5.74, 6) is 0.827. The molecule has 1 aromatic carbocycles. The van der Waals surface area contributed by atoms with Crippen LogP contribution in [0, 0.1) is 6.92 Å². The molecule has 0 radical (unpaired) electrons. The minimum Gasteiger partial charge on any atom is -0.465 e. The van der Waals surface area contributed by atoms with Crippen LogP contribution in [-0.4, -0.2) is 34.2 Å². The lowest BCUT2D eigenvalue weighted by molar-refractivity contribution is 0.0843. The summed E-state index contributed by atoms with van der Waals surface area (Å²) in [5.41, 5.74) is 2.68. The molecule has 0 saturated carbocycles. The summed E-state index contributed by atoms with van der Waals surface area (Å²) >= 11 is 0. The first-order valence-corrected chi connectivity index (χ1v) is 7.39. The van der Waals surface area contributed by atoms with Crippen LogP contribution in [-0.2, 0) is 4.74 Å². The second-order valence-corrected chi connectivity index (χ2v) is 5.42. The van der Waals surface area contributed by atoms with Crippen LogP contribution >= 0.6 is 0 Å². The molecule has 0 unspecified atom stereocenters. The van der Waals surface area contributed by atoms with Crippen molar-refractivity contribution in [2.45, 2.75) is 25.7 Å². The van der Waals surface area contributed by atoms with Crippen LogP contribution in [0.5, 0.6) is 0 Å². The number of carboxylic acid groups (broad SMARTS) is 1. The lowest BCUT2D eigenvalue weighted by atomic mass is 9.94. The maximum absolute atomic E-state index is 11.1. The number of carbonyl (C=O) groups is 1. The zero-order valence-electron chi connectivity index (χ0n) is 12.5. The number of hydrogen-bond donors (Lipinski definition) is 2. The molecule has 0 bridgehead atoms. The van der Waals surface area contributed by atoms with E-state index in [1.165, 1.54) is 0 Å². The number of amides is 1. The zero-order valence-corrected chi connectivity index (χ0v) is 12.5. The van der Waals surface area contributed by atoms with Gasteiger partial charge in [0, 0.05) is 24.7 Å². The molecule has 1 amide bonds. The van der Waals surface area contributed by atoms with Gasteiger partial charge in [-0.15, -0.1) is 0 Å². The minimum atomic E-state index is -1.08. The SMILES string of the molecule is Cc1c(C2CCOCC2)nn(-c2ccccc2)c1NC(=O)O. The first kappa shape index (κ1) is 14.6. The fourth-order valence-corrected chi connectivity index (χ4v) is 2.88. The van der Waals surface area contributed by atoms with E-state index < -0.39 is 6.09 Å². The molecule has 1 saturated heterocycles. The first-order valence-electron chi connectivity index (χ1n) is 7.39. The summed E-state index contributed by atoms with van der Waals surface area (Å²) in [6, 6.07) is 9.56. The monoisotopic (exact) mass is 301 g/mol. The molecule has 1 aliphatic heterocycles. The van der Waals surface area contributed by atoms with E-state index >= 15 is 0 Å². The number of hydrogen-bond acceptors (Lipinski definition) is 3. The number of nitrogens with one attached hydrogen (secondary N) is 1. The summed E-state index contributed by atoms with van der Waals surface area (Å²) in [4.78, 5) is 11.1. The molecule has 2 aromatic rings. The summed E-state index contributed by atoms with van der Waals surface area (Å²) < 4.78 is 7.08. The Morgan fingerprint density at radius 1 is 1.32 bits per heavy atom. The fourth-order valence-electron chi connectivity index (χ4n) is 2.88. The van der Waals surface area contributed by atoms with Crippen LogP contribution in [0.4, 0.5) is 10.6 Å². The number of ether oxygens (including phenoxy) is 1. The summed E-state index contributed by atoms with van der Waals surface area (Å²) in [6.45, 7) is 3.37. The molecule has 0 aliphatic carbocycles. The number of anilines is 1. The Balaban J connectivity index is 2.05. The predicted molar refractivity (Wildman–Crippen MR) is 82.7 cm³/mol. The predicted octanol–water partition coefficient (Wildman–Crippen LogP) is 3.16. The molecular formula is C16H19N3O3. The highest BCUT2D eigenvalue weighted by Crippen LogP contribution is 2.33. The maximum atomic E-state index is 11.1. The number of para-hydroxylation sites is 1. The van der Waals surface area contributed by atoms with Crippen LogP contribution in [0.15, 0.2) is 30.3 Å². The van der Waals surface area contributed by atoms with Crippen molar-refractivity contribution < 1.29 is 14.6 Å². The van der Waals surface area contributed by atoms with Crippen molar-refractivity contribution in [3.63, 3.8) is 0 Å². The van der Waals surface area contributed by atoms with Crippen LogP contribution in [0.25, 0.3) is 5.69 Å². The second kappa shape index (κ2) is 6.19. The van der Waals surface area contributed by atoms with Gasteiger partial charge in [0.25, 0.3) is 0 Å². The van der Waals surface area contributed by atoms with Crippen molar-refractivity contribution in [3.8, 4) is 5.69 Å². The van der Waals surface area contributed by atoms with Gasteiger partial charge in [0.15, 0.2) is 0 Å². The van der Waals surface area contributed by atoms with Gasteiger partial charge in [-0.05, 0) is 31.9 Å². The van der Waals surface area contributed by atoms with E-state index in [1.807, 2.05) is 37.3 Å². The highest BCUT2D eigenvalue weighted by Gasteiger charge is 2.25. The van der Waals surface area contributed by atoms with Gasteiger partial charge in [-0.25, -0.2) is 9.48 Å². The molecule has 6 nitrogen and oxygen atoms in total. The average molecular weight is 301 g/mol. The summed E-state index contributed by atoms with van der Waals surface area (Å²) in [7, 11) is 0. The third kappa shape index (κ3) is 2.82. The Bertz CT molecular complexity index is 661. The summed E-state index contributed by atoms with van der Waals surface area (Å²) in [5, 5.41) is 16.3. The van der Waals surface area contributed by atoms with E-state index in [1.54, 1.807) is 4.68 Å². The molecule has 2 heterocycles. The highest BCUT2D eigenvalue weighted by atomic mass is 16.5. The zero-order chi connectivity index (χ0) is 15.5. The van der Waals surface area contributed by atoms with Gasteiger partial charge in [0.2, 0.25) is 0 Å². The van der Waals surface area contributed by atoms with Gasteiger partial charge in [-0.1, -0.05) is 18.2 Å². The quantitative estimate of drug-likeness (QED) is 0.913. The molecule has 1 aliphatic rings. The smallest absolute Gasteiger partial charge is 0.410 e. The lowest BCUT2D eigenvalue weighted by Crippen LogP contribution is -2.15. The largest absolute Gasteiger partial charge is 0.465 e. The molecule has 2 N–H and O–H groups in total. The molecule has 0 atom stereocenters. The molecule has 1 fully saturated rings. The minimum absolute atomic E-state index is 0.313. The molecule has 1 aromatic heterocycles. The van der Waals surface area contributed by atoms with Crippen LogP contribution < -0.4 is 5.32 Å². The molecule has 0 spiro atoms. The van der Waals surface area contributed by atoms with Crippen molar-refractivity contribution in [2.75, 3.05) is 18.5 Å². The number of nitrogens with zero attached hydrogens (tertiary/aromatic N) is 2. The van der Waals surface area contributed by atoms with E-state index in [-0.39, 0.29) is 0 Å². The molecule has 22 heavy (non-hydrogen) atoms. The molecule has 116 valence electrons. The molecule has 6 heteroatoms. The Hall–Kier alpha value is -2.34. The van der Waals surface area contributed by atoms with E-state index in [0.29, 0.717) is 11.7 Å². The lowest BCUT2D eigenvalue weighted by Gasteiger charge is -2.20. The van der Waals surface area contributed by atoms with Gasteiger partial charge >= 0.3 is 6.09 Å². The van der Waals surface area contributed by atoms with Crippen LogP contribution in [0.2, 0.25) is 0 Å². The molecular weight excluding hydrogens is 282 g/mol. The van der Waals surface area contributed by atoms with Gasteiger partial charge in [0.05, 0.1) is 11.4 Å². The molecule has 3 rings (SSSR count). The van der Waals surface area contributed by atoms with E-state index in [0.717, 1.165) is 43.0 Å². The van der Waals surface area contributed by atoms with Crippen molar-refractivity contribution in [1.82, 2.24) is 9.78 Å². The topological polar surface area (TPSA) is 76.4 Å². The van der Waals surface area contributed by atoms with Gasteiger partial charge in [0.1, 0.15) is 5.82 Å². The Morgan fingerprint density at radius 3 is 2.64 bits per heavy atom. The third-order valence-electron chi connectivity index (χ3n) is 3.99. The van der Waals surface area contributed by atoms with E-state index in [9.17, 15) is 4.79 Å². The van der Waals surface area contributed by atoms with Gasteiger partial charge in [-0.3, -0.25) is 5.32 Å². The second-order valence-electron chi connectivity index (χ2n) is 5.42. The van der Waals surface area contributed by atoms with Crippen molar-refractivity contribution in [1.29, 1.82) is 0 Å². The Labute approximate surface area is 128 Å². The van der Waals surface area contributed by atoms with Gasteiger partial charge in [-0.2, -0.15) is 5.10 Å². The standard InChI is InChI=1S/C16H19N3O3/c1-11-14(12-7-9-22-10-8-12)18-19(15(11)17-16(20)21)13-5-3-2-4-6-13/h2-6,12,17H,7-10H2,1H3,(H,20,21). The first-order chi connectivity index (χ1) is 10.7.